The Bertz CT molecular complexity index is 877. The lowest BCUT2D eigenvalue weighted by molar-refractivity contribution is -0.142. The lowest BCUT2D eigenvalue weighted by Gasteiger charge is -2.18. The van der Waals surface area contributed by atoms with Crippen molar-refractivity contribution >= 4 is 17.5 Å². The van der Waals surface area contributed by atoms with Gasteiger partial charge < -0.3 is 14.2 Å². The topological polar surface area (TPSA) is 78.9 Å². The fraction of sp³-hybridized carbons (Fsp3) is 0.250. The summed E-state index contributed by atoms with van der Waals surface area (Å²) in [7, 11) is 0. The van der Waals surface area contributed by atoms with Crippen LogP contribution in [-0.4, -0.2) is 37.4 Å². The van der Waals surface area contributed by atoms with E-state index in [9.17, 15) is 18.8 Å². The first-order chi connectivity index (χ1) is 13.0. The molecule has 0 bridgehead atoms. The highest BCUT2D eigenvalue weighted by Crippen LogP contribution is 2.31. The molecule has 3 rings (SSSR count). The maximum absolute atomic E-state index is 13.5. The van der Waals surface area contributed by atoms with Crippen LogP contribution in [0.25, 0.3) is 0 Å². The molecule has 0 aromatic heterocycles. The maximum atomic E-state index is 13.5. The molecule has 1 heterocycles. The second-order valence-corrected chi connectivity index (χ2v) is 5.85. The summed E-state index contributed by atoms with van der Waals surface area (Å²) in [6.45, 7) is 0.294. The second kappa shape index (κ2) is 8.44. The normalized spacial score (nSPS) is 12.3. The number of carbonyl (C=O) groups excluding carboxylic acids is 3. The zero-order valence-electron chi connectivity index (χ0n) is 14.4. The van der Waals surface area contributed by atoms with Crippen molar-refractivity contribution in [3.05, 3.63) is 59.4 Å². The molecule has 0 atom stereocenters. The SMILES string of the molecule is O=C(CCC(=O)c1ccc2c(c1)OCCO2)OCC(=O)c1ccccc1F. The van der Waals surface area contributed by atoms with Gasteiger partial charge in [-0.05, 0) is 30.3 Å². The number of hydrogen-bond donors (Lipinski definition) is 0. The third kappa shape index (κ3) is 4.69. The van der Waals surface area contributed by atoms with Gasteiger partial charge in [-0.15, -0.1) is 0 Å². The third-order valence-electron chi connectivity index (χ3n) is 3.96. The molecule has 2 aromatic carbocycles. The predicted molar refractivity (Wildman–Crippen MR) is 92.7 cm³/mol. The molecule has 1 aliphatic heterocycles. The molecule has 0 radical (unpaired) electrons. The molecule has 0 saturated carbocycles. The van der Waals surface area contributed by atoms with Gasteiger partial charge in [0.2, 0.25) is 5.78 Å². The molecule has 6 nitrogen and oxygen atoms in total. The van der Waals surface area contributed by atoms with E-state index in [1.165, 1.54) is 18.2 Å². The number of esters is 1. The van der Waals surface area contributed by atoms with Gasteiger partial charge in [-0.3, -0.25) is 14.4 Å². The predicted octanol–water partition coefficient (Wildman–Crippen LogP) is 2.99. The lowest BCUT2D eigenvalue weighted by atomic mass is 10.1. The molecule has 1 aliphatic rings. The number of Topliss-reactive ketones (excluding diaryl/α,β-unsaturated/α-hetero) is 2. The minimum atomic E-state index is -0.703. The van der Waals surface area contributed by atoms with Crippen LogP contribution >= 0.6 is 0 Å². The Labute approximate surface area is 154 Å². The van der Waals surface area contributed by atoms with Crippen molar-refractivity contribution in [2.24, 2.45) is 0 Å². The number of fused-ring (bicyclic) bond motifs is 1. The van der Waals surface area contributed by atoms with Crippen molar-refractivity contribution in [2.45, 2.75) is 12.8 Å². The number of carbonyl (C=O) groups is 3. The quantitative estimate of drug-likeness (QED) is 0.549. The highest BCUT2D eigenvalue weighted by Gasteiger charge is 2.17. The molecule has 27 heavy (non-hydrogen) atoms. The van der Waals surface area contributed by atoms with Crippen molar-refractivity contribution < 1.29 is 33.0 Å². The van der Waals surface area contributed by atoms with Crippen molar-refractivity contribution in [3.8, 4) is 11.5 Å². The summed E-state index contributed by atoms with van der Waals surface area (Å²) in [5, 5.41) is 0. The van der Waals surface area contributed by atoms with E-state index in [-0.39, 0.29) is 24.2 Å². The Morgan fingerprint density at radius 1 is 0.926 bits per heavy atom. The molecule has 0 unspecified atom stereocenters. The van der Waals surface area contributed by atoms with E-state index in [0.717, 1.165) is 6.07 Å². The number of hydrogen-bond acceptors (Lipinski definition) is 6. The Balaban J connectivity index is 1.48. The van der Waals surface area contributed by atoms with Crippen LogP contribution in [0.3, 0.4) is 0 Å². The van der Waals surface area contributed by atoms with Crippen LogP contribution in [0.2, 0.25) is 0 Å². The summed E-state index contributed by atoms with van der Waals surface area (Å²) in [4.78, 5) is 35.8. The fourth-order valence-corrected chi connectivity index (χ4v) is 2.56. The number of ketones is 2. The highest BCUT2D eigenvalue weighted by molar-refractivity contribution is 5.99. The number of benzene rings is 2. The van der Waals surface area contributed by atoms with Gasteiger partial charge in [0.25, 0.3) is 0 Å². The molecule has 7 heteroatoms. The number of halogens is 1. The van der Waals surface area contributed by atoms with Crippen LogP contribution in [0.4, 0.5) is 4.39 Å². The highest BCUT2D eigenvalue weighted by atomic mass is 19.1. The summed E-state index contributed by atoms with van der Waals surface area (Å²) in [6, 6.07) is 10.3. The smallest absolute Gasteiger partial charge is 0.306 e. The Hall–Kier alpha value is -3.22. The van der Waals surface area contributed by atoms with Crippen LogP contribution in [-0.2, 0) is 9.53 Å². The van der Waals surface area contributed by atoms with Gasteiger partial charge in [0.1, 0.15) is 19.0 Å². The third-order valence-corrected chi connectivity index (χ3v) is 3.96. The molecule has 140 valence electrons. The van der Waals surface area contributed by atoms with E-state index in [0.29, 0.717) is 30.3 Å². The van der Waals surface area contributed by atoms with Crippen LogP contribution in [0.15, 0.2) is 42.5 Å². The van der Waals surface area contributed by atoms with E-state index in [1.807, 2.05) is 0 Å². The molecular formula is C20H17FO6. The van der Waals surface area contributed by atoms with E-state index >= 15 is 0 Å². The first-order valence-electron chi connectivity index (χ1n) is 8.41. The summed E-state index contributed by atoms with van der Waals surface area (Å²) in [5.41, 5.74) is 0.257. The first-order valence-corrected chi connectivity index (χ1v) is 8.41. The monoisotopic (exact) mass is 372 g/mol. The van der Waals surface area contributed by atoms with Gasteiger partial charge >= 0.3 is 5.97 Å². The van der Waals surface area contributed by atoms with Gasteiger partial charge in [-0.25, -0.2) is 4.39 Å². The Kier molecular flexibility index (Phi) is 5.80. The molecule has 0 amide bonds. The van der Waals surface area contributed by atoms with Gasteiger partial charge in [0.15, 0.2) is 23.9 Å². The Morgan fingerprint density at radius 2 is 1.67 bits per heavy atom. The first kappa shape index (κ1) is 18.6. The summed E-state index contributed by atoms with van der Waals surface area (Å²) in [5.74, 6) is -1.21. The summed E-state index contributed by atoms with van der Waals surface area (Å²) in [6.07, 6.45) is -0.260. The van der Waals surface area contributed by atoms with E-state index in [4.69, 9.17) is 14.2 Å². The molecule has 0 saturated heterocycles. The maximum Gasteiger partial charge on any atom is 0.306 e. The van der Waals surface area contributed by atoms with Gasteiger partial charge in [0, 0.05) is 12.0 Å². The number of ether oxygens (including phenoxy) is 3. The average molecular weight is 372 g/mol. The van der Waals surface area contributed by atoms with E-state index < -0.39 is 24.2 Å². The minimum Gasteiger partial charge on any atom is -0.486 e. The van der Waals surface area contributed by atoms with Crippen LogP contribution in [0.5, 0.6) is 11.5 Å². The van der Waals surface area contributed by atoms with Crippen LogP contribution in [0, 0.1) is 5.82 Å². The minimum absolute atomic E-state index is 0.0770. The van der Waals surface area contributed by atoms with Crippen molar-refractivity contribution in [1.29, 1.82) is 0 Å². The zero-order valence-corrected chi connectivity index (χ0v) is 14.4. The summed E-state index contributed by atoms with van der Waals surface area (Å²) < 4.78 is 29.1. The largest absolute Gasteiger partial charge is 0.486 e. The molecule has 0 spiro atoms. The van der Waals surface area contributed by atoms with Crippen LogP contribution in [0.1, 0.15) is 33.6 Å². The molecular weight excluding hydrogens is 355 g/mol. The molecule has 0 N–H and O–H groups in total. The van der Waals surface area contributed by atoms with Crippen LogP contribution < -0.4 is 9.47 Å². The van der Waals surface area contributed by atoms with E-state index in [1.54, 1.807) is 18.2 Å². The van der Waals surface area contributed by atoms with Crippen molar-refractivity contribution in [2.75, 3.05) is 19.8 Å². The van der Waals surface area contributed by atoms with Crippen molar-refractivity contribution in [3.63, 3.8) is 0 Å². The molecule has 0 aliphatic carbocycles. The van der Waals surface area contributed by atoms with Gasteiger partial charge in [-0.2, -0.15) is 0 Å². The zero-order chi connectivity index (χ0) is 19.2. The standard InChI is InChI=1S/C20H17FO6/c21-15-4-2-1-3-14(15)17(23)12-27-20(24)8-6-16(22)13-5-7-18-19(11-13)26-10-9-25-18/h1-5,7,11H,6,8-10,12H2. The van der Waals surface area contributed by atoms with Crippen molar-refractivity contribution in [1.82, 2.24) is 0 Å². The number of rotatable bonds is 7. The second-order valence-electron chi connectivity index (χ2n) is 5.85. The van der Waals surface area contributed by atoms with Gasteiger partial charge in [0.05, 0.1) is 12.0 Å². The summed E-state index contributed by atoms with van der Waals surface area (Å²) >= 11 is 0. The molecule has 2 aromatic rings. The lowest BCUT2D eigenvalue weighted by Crippen LogP contribution is -2.17. The Morgan fingerprint density at radius 3 is 2.44 bits per heavy atom. The fourth-order valence-electron chi connectivity index (χ4n) is 2.56. The van der Waals surface area contributed by atoms with E-state index in [2.05, 4.69) is 0 Å². The average Bonchev–Trinajstić information content (AvgIpc) is 2.70. The molecule has 0 fully saturated rings. The van der Waals surface area contributed by atoms with Gasteiger partial charge in [-0.1, -0.05) is 12.1 Å².